The normalized spacial score (nSPS) is 22.5. The molecule has 1 fully saturated rings. The molecule has 0 radical (unpaired) electrons. The third-order valence-corrected chi connectivity index (χ3v) is 4.64. The lowest BCUT2D eigenvalue weighted by Gasteiger charge is -2.29. The maximum atomic E-state index is 13.7. The smallest absolute Gasteiger partial charge is 0.141 e. The summed E-state index contributed by atoms with van der Waals surface area (Å²) in [5.41, 5.74) is 1.15. The second-order valence-corrected chi connectivity index (χ2v) is 6.67. The standard InChI is InChI=1S/C19H26FNO2/c1-14(11-22-2)12-23-13-15-3-5-16(6-4-15)17-7-8-18(10-21)19(20)9-17/h7-9,14-16H,3-6,11-13H2,1-2H3. The van der Waals surface area contributed by atoms with Gasteiger partial charge in [-0.25, -0.2) is 4.39 Å². The average Bonchev–Trinajstić information content (AvgIpc) is 2.55. The van der Waals surface area contributed by atoms with Gasteiger partial charge in [-0.15, -0.1) is 0 Å². The Balaban J connectivity index is 1.76. The summed E-state index contributed by atoms with van der Waals surface area (Å²) in [4.78, 5) is 0. The summed E-state index contributed by atoms with van der Waals surface area (Å²) in [6.45, 7) is 4.41. The van der Waals surface area contributed by atoms with Crippen LogP contribution in [0.4, 0.5) is 4.39 Å². The van der Waals surface area contributed by atoms with E-state index in [1.807, 2.05) is 12.1 Å². The first-order chi connectivity index (χ1) is 11.1. The van der Waals surface area contributed by atoms with Gasteiger partial charge in [0.2, 0.25) is 0 Å². The fourth-order valence-corrected chi connectivity index (χ4v) is 3.31. The second-order valence-electron chi connectivity index (χ2n) is 6.67. The van der Waals surface area contributed by atoms with E-state index in [1.165, 1.54) is 6.07 Å². The number of ether oxygens (including phenoxy) is 2. The Morgan fingerprint density at radius 3 is 2.61 bits per heavy atom. The van der Waals surface area contributed by atoms with E-state index >= 15 is 0 Å². The van der Waals surface area contributed by atoms with Gasteiger partial charge >= 0.3 is 0 Å². The molecule has 0 N–H and O–H groups in total. The Bertz CT molecular complexity index is 533. The summed E-state index contributed by atoms with van der Waals surface area (Å²) in [5, 5.41) is 8.80. The zero-order valence-corrected chi connectivity index (χ0v) is 14.1. The third-order valence-electron chi connectivity index (χ3n) is 4.64. The molecule has 0 saturated heterocycles. The van der Waals surface area contributed by atoms with Crippen LogP contribution in [0.15, 0.2) is 18.2 Å². The van der Waals surface area contributed by atoms with Crippen LogP contribution in [0.1, 0.15) is 49.7 Å². The van der Waals surface area contributed by atoms with Crippen LogP contribution in [0, 0.1) is 29.0 Å². The summed E-state index contributed by atoms with van der Waals surface area (Å²) < 4.78 is 24.6. The molecule has 3 nitrogen and oxygen atoms in total. The molecular weight excluding hydrogens is 293 g/mol. The largest absolute Gasteiger partial charge is 0.384 e. The molecule has 0 amide bonds. The Kier molecular flexibility index (Phi) is 7.01. The van der Waals surface area contributed by atoms with Gasteiger partial charge in [0.1, 0.15) is 11.9 Å². The van der Waals surface area contributed by atoms with E-state index in [-0.39, 0.29) is 5.56 Å². The highest BCUT2D eigenvalue weighted by Crippen LogP contribution is 2.36. The van der Waals surface area contributed by atoms with Crippen LogP contribution in [0.25, 0.3) is 0 Å². The average molecular weight is 319 g/mol. The molecule has 1 aliphatic rings. The molecule has 0 aromatic heterocycles. The number of methoxy groups -OCH3 is 1. The molecule has 1 aromatic carbocycles. The van der Waals surface area contributed by atoms with E-state index in [0.29, 0.717) is 17.8 Å². The van der Waals surface area contributed by atoms with Gasteiger partial charge in [0.15, 0.2) is 0 Å². The predicted molar refractivity (Wildman–Crippen MR) is 87.7 cm³/mol. The number of halogens is 1. The van der Waals surface area contributed by atoms with E-state index in [2.05, 4.69) is 6.92 Å². The molecule has 0 heterocycles. The molecule has 2 rings (SSSR count). The van der Waals surface area contributed by atoms with Crippen LogP contribution < -0.4 is 0 Å². The molecule has 1 saturated carbocycles. The van der Waals surface area contributed by atoms with Gasteiger partial charge in [0, 0.05) is 19.6 Å². The van der Waals surface area contributed by atoms with Crippen molar-refractivity contribution in [2.75, 3.05) is 26.9 Å². The maximum Gasteiger partial charge on any atom is 0.141 e. The molecule has 126 valence electrons. The van der Waals surface area contributed by atoms with Gasteiger partial charge in [-0.05, 0) is 55.2 Å². The Morgan fingerprint density at radius 2 is 2.00 bits per heavy atom. The van der Waals surface area contributed by atoms with E-state index < -0.39 is 5.82 Å². The van der Waals surface area contributed by atoms with E-state index in [1.54, 1.807) is 13.2 Å². The topological polar surface area (TPSA) is 42.2 Å². The maximum absolute atomic E-state index is 13.7. The summed E-state index contributed by atoms with van der Waals surface area (Å²) in [7, 11) is 1.71. The first-order valence-electron chi connectivity index (χ1n) is 8.40. The predicted octanol–water partition coefficient (Wildman–Crippen LogP) is 4.27. The first-order valence-corrected chi connectivity index (χ1v) is 8.40. The van der Waals surface area contributed by atoms with Gasteiger partial charge in [0.05, 0.1) is 18.8 Å². The molecule has 0 spiro atoms. The van der Waals surface area contributed by atoms with Crippen LogP contribution in [-0.2, 0) is 9.47 Å². The number of nitriles is 1. The van der Waals surface area contributed by atoms with E-state index in [0.717, 1.165) is 51.1 Å². The van der Waals surface area contributed by atoms with Crippen LogP contribution in [0.3, 0.4) is 0 Å². The molecule has 0 aliphatic heterocycles. The van der Waals surface area contributed by atoms with Gasteiger partial charge in [-0.3, -0.25) is 0 Å². The van der Waals surface area contributed by atoms with Crippen molar-refractivity contribution in [3.63, 3.8) is 0 Å². The van der Waals surface area contributed by atoms with Crippen molar-refractivity contribution < 1.29 is 13.9 Å². The minimum Gasteiger partial charge on any atom is -0.384 e. The van der Waals surface area contributed by atoms with Gasteiger partial charge in [-0.1, -0.05) is 13.0 Å². The van der Waals surface area contributed by atoms with Crippen LogP contribution in [-0.4, -0.2) is 26.9 Å². The molecule has 1 atom stereocenters. The van der Waals surface area contributed by atoms with Crippen LogP contribution in [0.5, 0.6) is 0 Å². The quantitative estimate of drug-likeness (QED) is 0.753. The van der Waals surface area contributed by atoms with Crippen LogP contribution in [0.2, 0.25) is 0 Å². The van der Waals surface area contributed by atoms with Gasteiger partial charge in [-0.2, -0.15) is 5.26 Å². The Labute approximate surface area is 138 Å². The van der Waals surface area contributed by atoms with Crippen molar-refractivity contribution in [2.45, 2.75) is 38.5 Å². The Hall–Kier alpha value is -1.44. The lowest BCUT2D eigenvalue weighted by Crippen LogP contribution is -2.20. The highest BCUT2D eigenvalue weighted by molar-refractivity contribution is 5.34. The lowest BCUT2D eigenvalue weighted by atomic mass is 9.79. The highest BCUT2D eigenvalue weighted by Gasteiger charge is 2.23. The summed E-state index contributed by atoms with van der Waals surface area (Å²) in [5.74, 6) is 1.03. The molecule has 0 bridgehead atoms. The SMILES string of the molecule is COCC(C)COCC1CCC(c2ccc(C#N)c(F)c2)CC1. The summed E-state index contributed by atoms with van der Waals surface area (Å²) in [6, 6.07) is 6.90. The number of benzene rings is 1. The molecule has 1 aliphatic carbocycles. The number of nitrogens with zero attached hydrogens (tertiary/aromatic N) is 1. The van der Waals surface area contributed by atoms with Gasteiger partial charge in [0.25, 0.3) is 0 Å². The molecule has 23 heavy (non-hydrogen) atoms. The minimum absolute atomic E-state index is 0.126. The summed E-state index contributed by atoms with van der Waals surface area (Å²) >= 11 is 0. The molecule has 1 aromatic rings. The lowest BCUT2D eigenvalue weighted by molar-refractivity contribution is 0.0382. The number of hydrogen-bond acceptors (Lipinski definition) is 3. The first kappa shape index (κ1) is 17.9. The zero-order valence-electron chi connectivity index (χ0n) is 14.1. The zero-order chi connectivity index (χ0) is 16.7. The second kappa shape index (κ2) is 9.00. The van der Waals surface area contributed by atoms with E-state index in [4.69, 9.17) is 14.7 Å². The van der Waals surface area contributed by atoms with E-state index in [9.17, 15) is 4.39 Å². The van der Waals surface area contributed by atoms with Crippen molar-refractivity contribution in [3.8, 4) is 6.07 Å². The monoisotopic (exact) mass is 319 g/mol. The Morgan fingerprint density at radius 1 is 1.26 bits per heavy atom. The van der Waals surface area contributed by atoms with Crippen LogP contribution >= 0.6 is 0 Å². The minimum atomic E-state index is -0.400. The highest BCUT2D eigenvalue weighted by atomic mass is 19.1. The van der Waals surface area contributed by atoms with Crippen molar-refractivity contribution in [1.82, 2.24) is 0 Å². The molecule has 1 unspecified atom stereocenters. The fraction of sp³-hybridized carbons (Fsp3) is 0.632. The van der Waals surface area contributed by atoms with Crippen molar-refractivity contribution in [3.05, 3.63) is 35.1 Å². The molecular formula is C19H26FNO2. The van der Waals surface area contributed by atoms with Crippen molar-refractivity contribution >= 4 is 0 Å². The van der Waals surface area contributed by atoms with Gasteiger partial charge < -0.3 is 9.47 Å². The number of rotatable bonds is 7. The third kappa shape index (κ3) is 5.30. The van der Waals surface area contributed by atoms with Crippen molar-refractivity contribution in [1.29, 1.82) is 5.26 Å². The molecule has 4 heteroatoms. The number of hydrogen-bond donors (Lipinski definition) is 0. The fourth-order valence-electron chi connectivity index (χ4n) is 3.31. The summed E-state index contributed by atoms with van der Waals surface area (Å²) in [6.07, 6.45) is 4.36. The van der Waals surface area contributed by atoms with Crippen molar-refractivity contribution in [2.24, 2.45) is 11.8 Å².